The summed E-state index contributed by atoms with van der Waals surface area (Å²) in [5, 5.41) is 3.73. The molecule has 1 aromatic heterocycles. The van der Waals surface area contributed by atoms with E-state index >= 15 is 0 Å². The Morgan fingerprint density at radius 2 is 2.11 bits per heavy atom. The van der Waals surface area contributed by atoms with Crippen molar-refractivity contribution in [3.05, 3.63) is 50.0 Å². The summed E-state index contributed by atoms with van der Waals surface area (Å²) in [6.07, 6.45) is 2.32. The Balaban J connectivity index is 1.70. The second-order valence-corrected chi connectivity index (χ2v) is 7.92. The Bertz CT molecular complexity index is 1020. The van der Waals surface area contributed by atoms with E-state index in [0.717, 1.165) is 21.1 Å². The number of aromatic nitrogens is 2. The number of benzene rings is 2. The number of nitrogens with zero attached hydrogens (tertiary/aromatic N) is 2. The van der Waals surface area contributed by atoms with Gasteiger partial charge in [0.2, 0.25) is 0 Å². The molecule has 140 valence electrons. The Morgan fingerprint density at radius 3 is 2.89 bits per heavy atom. The van der Waals surface area contributed by atoms with Crippen LogP contribution in [0.3, 0.4) is 0 Å². The maximum absolute atomic E-state index is 14.4. The lowest BCUT2D eigenvalue weighted by atomic mass is 10.2. The highest BCUT2D eigenvalue weighted by Crippen LogP contribution is 2.34. The molecule has 0 amide bonds. The van der Waals surface area contributed by atoms with Crippen LogP contribution in [0, 0.1) is 9.39 Å². The van der Waals surface area contributed by atoms with Gasteiger partial charge in [0.1, 0.15) is 24.0 Å². The third-order valence-corrected chi connectivity index (χ3v) is 5.78. The minimum Gasteiger partial charge on any atom is -0.487 e. The molecule has 2 heterocycles. The average Bonchev–Trinajstić information content (AvgIpc) is 3.16. The van der Waals surface area contributed by atoms with Gasteiger partial charge < -0.3 is 14.8 Å². The van der Waals surface area contributed by atoms with E-state index < -0.39 is 5.82 Å². The number of anilines is 2. The van der Waals surface area contributed by atoms with Crippen molar-refractivity contribution >= 4 is 68.2 Å². The number of rotatable bonds is 4. The van der Waals surface area contributed by atoms with Crippen LogP contribution >= 0.6 is 45.8 Å². The molecular weight excluding hydrogens is 507 g/mol. The number of fused-ring (bicyclic) bond motifs is 1. The lowest BCUT2D eigenvalue weighted by molar-refractivity contribution is 0.141. The molecule has 2 aromatic carbocycles. The molecule has 1 saturated heterocycles. The van der Waals surface area contributed by atoms with Crippen LogP contribution in [0.1, 0.15) is 6.42 Å². The van der Waals surface area contributed by atoms with E-state index in [2.05, 4.69) is 37.9 Å². The lowest BCUT2D eigenvalue weighted by Gasteiger charge is -2.15. The molecule has 27 heavy (non-hydrogen) atoms. The van der Waals surface area contributed by atoms with E-state index in [-0.39, 0.29) is 21.8 Å². The van der Waals surface area contributed by atoms with Crippen LogP contribution in [0.4, 0.5) is 15.9 Å². The van der Waals surface area contributed by atoms with Gasteiger partial charge in [-0.25, -0.2) is 14.4 Å². The summed E-state index contributed by atoms with van der Waals surface area (Å²) in [6.45, 7) is 1.29. The highest BCUT2D eigenvalue weighted by Gasteiger charge is 2.19. The van der Waals surface area contributed by atoms with E-state index in [1.54, 1.807) is 0 Å². The Morgan fingerprint density at radius 1 is 1.26 bits per heavy atom. The predicted octanol–water partition coefficient (Wildman–Crippen LogP) is 5.59. The second kappa shape index (κ2) is 7.90. The maximum Gasteiger partial charge on any atom is 0.166 e. The average molecular weight is 520 g/mol. The first-order valence-corrected chi connectivity index (χ1v) is 9.95. The van der Waals surface area contributed by atoms with Crippen molar-refractivity contribution in [3.63, 3.8) is 0 Å². The fourth-order valence-corrected chi connectivity index (χ4v) is 3.69. The summed E-state index contributed by atoms with van der Waals surface area (Å²) in [6, 6.07) is 6.80. The smallest absolute Gasteiger partial charge is 0.166 e. The number of nitrogens with one attached hydrogen (secondary N) is 1. The molecule has 0 spiro atoms. The molecule has 4 rings (SSSR count). The van der Waals surface area contributed by atoms with Gasteiger partial charge in [-0.3, -0.25) is 0 Å². The van der Waals surface area contributed by atoms with Crippen LogP contribution < -0.4 is 10.1 Å². The molecule has 9 heteroatoms. The van der Waals surface area contributed by atoms with Gasteiger partial charge >= 0.3 is 0 Å². The standard InChI is InChI=1S/C18H13Cl2FIN3O2/c19-11-1-2-13(17(21)16(11)20)25-18-10-5-12(22)15(6-14(10)23-8-24-18)27-9-3-4-26-7-9/h1-2,5-6,8-9H,3-4,7H2,(H,23,24,25). The fourth-order valence-electron chi connectivity index (χ4n) is 2.78. The summed E-state index contributed by atoms with van der Waals surface area (Å²) >= 11 is 13.9. The fraction of sp³-hybridized carbons (Fsp3) is 0.222. The third-order valence-electron chi connectivity index (χ3n) is 4.16. The molecular formula is C18H13Cl2FIN3O2. The summed E-state index contributed by atoms with van der Waals surface area (Å²) < 4.78 is 26.6. The largest absolute Gasteiger partial charge is 0.487 e. The second-order valence-electron chi connectivity index (χ2n) is 5.97. The van der Waals surface area contributed by atoms with E-state index in [4.69, 9.17) is 32.7 Å². The van der Waals surface area contributed by atoms with Crippen molar-refractivity contribution in [2.75, 3.05) is 18.5 Å². The molecule has 1 atom stereocenters. The molecule has 1 aliphatic rings. The van der Waals surface area contributed by atoms with E-state index in [1.807, 2.05) is 12.1 Å². The van der Waals surface area contributed by atoms with Gasteiger partial charge in [-0.15, -0.1) is 0 Å². The summed E-state index contributed by atoms with van der Waals surface area (Å²) in [5.41, 5.74) is 0.866. The highest BCUT2D eigenvalue weighted by atomic mass is 127. The van der Waals surface area contributed by atoms with Crippen LogP contribution in [0.2, 0.25) is 10.0 Å². The van der Waals surface area contributed by atoms with E-state index in [0.29, 0.717) is 24.5 Å². The molecule has 0 aliphatic carbocycles. The molecule has 3 aromatic rings. The van der Waals surface area contributed by atoms with Gasteiger partial charge in [-0.2, -0.15) is 0 Å². The first-order chi connectivity index (χ1) is 13.0. The van der Waals surface area contributed by atoms with E-state index in [9.17, 15) is 4.39 Å². The van der Waals surface area contributed by atoms with Crippen molar-refractivity contribution in [2.45, 2.75) is 12.5 Å². The van der Waals surface area contributed by atoms with Crippen molar-refractivity contribution in [1.29, 1.82) is 0 Å². The maximum atomic E-state index is 14.4. The Labute approximate surface area is 178 Å². The Hall–Kier alpha value is -1.42. The third kappa shape index (κ3) is 3.91. The van der Waals surface area contributed by atoms with Crippen molar-refractivity contribution in [1.82, 2.24) is 9.97 Å². The minimum absolute atomic E-state index is 0.0423. The zero-order chi connectivity index (χ0) is 19.0. The van der Waals surface area contributed by atoms with Crippen molar-refractivity contribution in [2.24, 2.45) is 0 Å². The quantitative estimate of drug-likeness (QED) is 0.359. The van der Waals surface area contributed by atoms with Crippen LogP contribution in [0.25, 0.3) is 10.9 Å². The predicted molar refractivity (Wildman–Crippen MR) is 112 cm³/mol. The summed E-state index contributed by atoms with van der Waals surface area (Å²) in [7, 11) is 0. The zero-order valence-electron chi connectivity index (χ0n) is 13.8. The normalized spacial score (nSPS) is 16.7. The van der Waals surface area contributed by atoms with Crippen LogP contribution in [0.5, 0.6) is 5.75 Å². The van der Waals surface area contributed by atoms with Crippen molar-refractivity contribution < 1.29 is 13.9 Å². The first-order valence-electron chi connectivity index (χ1n) is 8.12. The van der Waals surface area contributed by atoms with Gasteiger partial charge in [0, 0.05) is 17.9 Å². The topological polar surface area (TPSA) is 56.3 Å². The first kappa shape index (κ1) is 18.9. The SMILES string of the molecule is Fc1c(Nc2ncnc3cc(OC4CCOC4)c(I)cc23)ccc(Cl)c1Cl. The molecule has 1 N–H and O–H groups in total. The molecule has 1 aliphatic heterocycles. The van der Waals surface area contributed by atoms with Crippen LogP contribution in [-0.2, 0) is 4.74 Å². The molecule has 0 radical (unpaired) electrons. The highest BCUT2D eigenvalue weighted by molar-refractivity contribution is 14.1. The summed E-state index contributed by atoms with van der Waals surface area (Å²) in [5.74, 6) is 0.571. The molecule has 0 saturated carbocycles. The van der Waals surface area contributed by atoms with Gasteiger partial charge in [0.05, 0.1) is 38.0 Å². The van der Waals surface area contributed by atoms with Gasteiger partial charge in [0.25, 0.3) is 0 Å². The monoisotopic (exact) mass is 519 g/mol. The van der Waals surface area contributed by atoms with Crippen molar-refractivity contribution in [3.8, 4) is 5.75 Å². The molecule has 0 bridgehead atoms. The number of hydrogen-bond donors (Lipinski definition) is 1. The zero-order valence-corrected chi connectivity index (χ0v) is 17.5. The van der Waals surface area contributed by atoms with Gasteiger partial charge in [0.15, 0.2) is 5.82 Å². The number of halogens is 4. The Kier molecular flexibility index (Phi) is 5.54. The molecule has 5 nitrogen and oxygen atoms in total. The molecule has 1 unspecified atom stereocenters. The minimum atomic E-state index is -0.633. The summed E-state index contributed by atoms with van der Waals surface area (Å²) in [4.78, 5) is 8.55. The van der Waals surface area contributed by atoms with Crippen LogP contribution in [-0.4, -0.2) is 29.3 Å². The number of hydrogen-bond acceptors (Lipinski definition) is 5. The van der Waals surface area contributed by atoms with Gasteiger partial charge in [-0.05, 0) is 40.8 Å². The van der Waals surface area contributed by atoms with Crippen LogP contribution in [0.15, 0.2) is 30.6 Å². The molecule has 1 fully saturated rings. The lowest BCUT2D eigenvalue weighted by Crippen LogP contribution is -2.16. The van der Waals surface area contributed by atoms with E-state index in [1.165, 1.54) is 18.5 Å². The van der Waals surface area contributed by atoms with Gasteiger partial charge in [-0.1, -0.05) is 23.2 Å². The number of ether oxygens (including phenoxy) is 2.